The van der Waals surface area contributed by atoms with Crippen molar-refractivity contribution in [2.45, 2.75) is 23.7 Å². The van der Waals surface area contributed by atoms with Gasteiger partial charge in [-0.1, -0.05) is 42.3 Å². The van der Waals surface area contributed by atoms with E-state index in [1.54, 1.807) is 31.2 Å². The second-order valence-corrected chi connectivity index (χ2v) is 7.47. The highest BCUT2D eigenvalue weighted by atomic mass is 35.5. The molecule has 0 aliphatic rings. The lowest BCUT2D eigenvalue weighted by atomic mass is 10.0. The van der Waals surface area contributed by atoms with Crippen LogP contribution < -0.4 is 0 Å². The molecule has 0 unspecified atom stereocenters. The van der Waals surface area contributed by atoms with Crippen LogP contribution in [0.5, 0.6) is 0 Å². The normalized spacial score (nSPS) is 17.5. The topological polar surface area (TPSA) is 54.4 Å². The third-order valence-corrected chi connectivity index (χ3v) is 6.00. The van der Waals surface area contributed by atoms with Gasteiger partial charge >= 0.3 is 0 Å². The predicted molar refractivity (Wildman–Crippen MR) is 70.1 cm³/mol. The summed E-state index contributed by atoms with van der Waals surface area (Å²) in [6.07, 6.45) is -0.166. The van der Waals surface area contributed by atoms with E-state index >= 15 is 0 Å². The van der Waals surface area contributed by atoms with E-state index in [1.807, 2.05) is 0 Å². The zero-order chi connectivity index (χ0) is 13.3. The van der Waals surface area contributed by atoms with Gasteiger partial charge in [-0.2, -0.15) is 0 Å². The number of aliphatic hydroxyl groups excluding tert-OH is 1. The monoisotopic (exact) mass is 296 g/mol. The Balaban J connectivity index is 3.19. The van der Waals surface area contributed by atoms with E-state index in [0.29, 0.717) is 10.6 Å². The molecule has 0 heterocycles. The molecule has 2 atom stereocenters. The number of rotatable bonds is 4. The molecule has 0 aromatic heterocycles. The fourth-order valence-electron chi connectivity index (χ4n) is 1.55. The van der Waals surface area contributed by atoms with Crippen LogP contribution in [0, 0.1) is 0 Å². The highest BCUT2D eigenvalue weighted by Crippen LogP contribution is 2.39. The van der Waals surface area contributed by atoms with E-state index in [-0.39, 0.29) is 6.42 Å². The molecule has 6 heteroatoms. The van der Waals surface area contributed by atoms with Gasteiger partial charge in [-0.3, -0.25) is 0 Å². The van der Waals surface area contributed by atoms with Crippen molar-refractivity contribution < 1.29 is 13.5 Å². The van der Waals surface area contributed by atoms with Gasteiger partial charge < -0.3 is 5.11 Å². The van der Waals surface area contributed by atoms with E-state index < -0.39 is 20.1 Å². The highest BCUT2D eigenvalue weighted by molar-refractivity contribution is 7.93. The molecule has 96 valence electrons. The molecule has 0 radical (unpaired) electrons. The average molecular weight is 297 g/mol. The van der Waals surface area contributed by atoms with Crippen LogP contribution in [0.1, 0.15) is 25.0 Å². The Kier molecular flexibility index (Phi) is 4.47. The number of hydrogen-bond donors (Lipinski definition) is 1. The Hall–Kier alpha value is -0.290. The lowest BCUT2D eigenvalue weighted by Gasteiger charge is -2.29. The second kappa shape index (κ2) is 5.14. The Morgan fingerprint density at radius 3 is 2.18 bits per heavy atom. The molecule has 1 aromatic rings. The largest absolute Gasteiger partial charge is 0.385 e. The van der Waals surface area contributed by atoms with Crippen molar-refractivity contribution in [3.05, 3.63) is 34.9 Å². The minimum atomic E-state index is -3.59. The summed E-state index contributed by atoms with van der Waals surface area (Å²) in [5.41, 5.74) is 0.427. The maximum absolute atomic E-state index is 11.6. The fourth-order valence-corrected chi connectivity index (χ4v) is 2.87. The van der Waals surface area contributed by atoms with Gasteiger partial charge in [0.05, 0.1) is 0 Å². The van der Waals surface area contributed by atoms with Crippen LogP contribution in [0.25, 0.3) is 0 Å². The standard InChI is InChI=1S/C11H14Cl2O3S/c1-3-11(13,17(2,15)16)10(14)8-4-6-9(12)7-5-8/h4-7,10,14H,3H2,1-2H3/t10-,11+/m1/s1. The van der Waals surface area contributed by atoms with Crippen LogP contribution in [0.2, 0.25) is 5.02 Å². The fraction of sp³-hybridized carbons (Fsp3) is 0.455. The molecule has 1 N–H and O–H groups in total. The summed E-state index contributed by atoms with van der Waals surface area (Å²) < 4.78 is 21.6. The predicted octanol–water partition coefficient (Wildman–Crippen LogP) is 2.76. The van der Waals surface area contributed by atoms with Crippen molar-refractivity contribution in [1.82, 2.24) is 0 Å². The summed E-state index contributed by atoms with van der Waals surface area (Å²) >= 11 is 11.8. The van der Waals surface area contributed by atoms with Crippen molar-refractivity contribution in [2.75, 3.05) is 6.26 Å². The Labute approximate surface area is 111 Å². The van der Waals surface area contributed by atoms with Gasteiger partial charge in [-0.15, -0.1) is 0 Å². The minimum absolute atomic E-state index is 0.108. The lowest BCUT2D eigenvalue weighted by Crippen LogP contribution is -2.37. The average Bonchev–Trinajstić information content (AvgIpc) is 2.26. The van der Waals surface area contributed by atoms with E-state index in [4.69, 9.17) is 23.2 Å². The maximum Gasteiger partial charge on any atom is 0.174 e. The Morgan fingerprint density at radius 2 is 1.82 bits per heavy atom. The molecular weight excluding hydrogens is 283 g/mol. The molecule has 0 fully saturated rings. The molecule has 0 amide bonds. The maximum atomic E-state index is 11.6. The number of benzene rings is 1. The molecule has 0 saturated carbocycles. The van der Waals surface area contributed by atoms with Gasteiger partial charge in [-0.25, -0.2) is 8.42 Å². The molecule has 3 nitrogen and oxygen atoms in total. The first-order chi connectivity index (χ1) is 7.72. The number of hydrogen-bond acceptors (Lipinski definition) is 3. The molecule has 0 spiro atoms. The van der Waals surface area contributed by atoms with Crippen molar-refractivity contribution in [3.8, 4) is 0 Å². The van der Waals surface area contributed by atoms with Crippen molar-refractivity contribution in [3.63, 3.8) is 0 Å². The zero-order valence-electron chi connectivity index (χ0n) is 9.52. The lowest BCUT2D eigenvalue weighted by molar-refractivity contribution is 0.155. The van der Waals surface area contributed by atoms with Crippen LogP contribution in [-0.4, -0.2) is 24.0 Å². The van der Waals surface area contributed by atoms with Crippen LogP contribution in [0.15, 0.2) is 24.3 Å². The van der Waals surface area contributed by atoms with Crippen LogP contribution in [-0.2, 0) is 9.84 Å². The molecule has 0 aliphatic heterocycles. The van der Waals surface area contributed by atoms with Crippen molar-refractivity contribution in [2.24, 2.45) is 0 Å². The summed E-state index contributed by atoms with van der Waals surface area (Å²) in [4.78, 5) is 0. The summed E-state index contributed by atoms with van der Waals surface area (Å²) in [7, 11) is -3.59. The van der Waals surface area contributed by atoms with Gasteiger partial charge in [0, 0.05) is 11.3 Å². The molecule has 17 heavy (non-hydrogen) atoms. The first-order valence-corrected chi connectivity index (χ1v) is 7.69. The van der Waals surface area contributed by atoms with E-state index in [9.17, 15) is 13.5 Å². The summed E-state index contributed by atoms with van der Waals surface area (Å²) in [5.74, 6) is 0. The van der Waals surface area contributed by atoms with E-state index in [2.05, 4.69) is 0 Å². The van der Waals surface area contributed by atoms with Gasteiger partial charge in [-0.05, 0) is 24.1 Å². The molecule has 0 saturated heterocycles. The first-order valence-electron chi connectivity index (χ1n) is 5.04. The summed E-state index contributed by atoms with van der Waals surface area (Å²) in [6, 6.07) is 6.28. The Morgan fingerprint density at radius 1 is 1.35 bits per heavy atom. The van der Waals surface area contributed by atoms with E-state index in [0.717, 1.165) is 6.26 Å². The van der Waals surface area contributed by atoms with Crippen LogP contribution in [0.4, 0.5) is 0 Å². The highest BCUT2D eigenvalue weighted by Gasteiger charge is 2.44. The van der Waals surface area contributed by atoms with Crippen LogP contribution >= 0.6 is 23.2 Å². The Bertz CT molecular complexity index is 484. The smallest absolute Gasteiger partial charge is 0.174 e. The van der Waals surface area contributed by atoms with Crippen molar-refractivity contribution >= 4 is 33.0 Å². The SMILES string of the molecule is CC[C@@](Cl)([C@H](O)c1ccc(Cl)cc1)S(C)(=O)=O. The summed E-state index contributed by atoms with van der Waals surface area (Å²) in [6.45, 7) is 1.62. The molecule has 0 aliphatic carbocycles. The molecule has 1 rings (SSSR count). The minimum Gasteiger partial charge on any atom is -0.385 e. The van der Waals surface area contributed by atoms with E-state index in [1.165, 1.54) is 0 Å². The van der Waals surface area contributed by atoms with Gasteiger partial charge in [0.15, 0.2) is 14.0 Å². The quantitative estimate of drug-likeness (QED) is 0.869. The summed E-state index contributed by atoms with van der Waals surface area (Å²) in [5, 5.41) is 10.6. The van der Waals surface area contributed by atoms with Gasteiger partial charge in [0.1, 0.15) is 6.10 Å². The number of sulfone groups is 1. The first kappa shape index (κ1) is 14.8. The zero-order valence-corrected chi connectivity index (χ0v) is 11.9. The third-order valence-electron chi connectivity index (χ3n) is 2.69. The molecular formula is C11H14Cl2O3S. The molecule has 0 bridgehead atoms. The molecule has 1 aromatic carbocycles. The number of alkyl halides is 1. The number of aliphatic hydroxyl groups is 1. The third kappa shape index (κ3) is 2.94. The van der Waals surface area contributed by atoms with Gasteiger partial charge in [0.25, 0.3) is 0 Å². The second-order valence-electron chi connectivity index (χ2n) is 3.87. The van der Waals surface area contributed by atoms with Gasteiger partial charge in [0.2, 0.25) is 0 Å². The van der Waals surface area contributed by atoms with Crippen LogP contribution in [0.3, 0.4) is 0 Å². The number of halogens is 2. The van der Waals surface area contributed by atoms with Crippen molar-refractivity contribution in [1.29, 1.82) is 0 Å².